The minimum atomic E-state index is -0.421. The molecule has 1 atom stereocenters. The third kappa shape index (κ3) is 3.18. The van der Waals surface area contributed by atoms with Gasteiger partial charge in [-0.3, -0.25) is 19.3 Å². The van der Waals surface area contributed by atoms with Crippen LogP contribution in [0.15, 0.2) is 42.5 Å². The number of hydrogen-bond acceptors (Lipinski definition) is 4. The Morgan fingerprint density at radius 3 is 2.35 bits per heavy atom. The van der Waals surface area contributed by atoms with Gasteiger partial charge in [-0.15, -0.1) is 0 Å². The van der Waals surface area contributed by atoms with Gasteiger partial charge in [0.05, 0.1) is 12.6 Å². The van der Waals surface area contributed by atoms with E-state index in [-0.39, 0.29) is 18.4 Å². The maximum Gasteiger partial charge on any atom is 0.261 e. The zero-order valence-corrected chi connectivity index (χ0v) is 17.7. The molecule has 31 heavy (non-hydrogen) atoms. The van der Waals surface area contributed by atoms with Gasteiger partial charge in [0.25, 0.3) is 11.8 Å². The van der Waals surface area contributed by atoms with Crippen LogP contribution >= 0.6 is 0 Å². The van der Waals surface area contributed by atoms with Crippen molar-refractivity contribution in [2.24, 2.45) is 0 Å². The summed E-state index contributed by atoms with van der Waals surface area (Å²) in [5.41, 5.74) is 3.29. The van der Waals surface area contributed by atoms with E-state index in [2.05, 4.69) is 4.57 Å². The second-order valence-electron chi connectivity index (χ2n) is 8.36. The number of imide groups is 1. The molecule has 1 saturated heterocycles. The van der Waals surface area contributed by atoms with Crippen LogP contribution in [-0.2, 0) is 11.3 Å². The zero-order valence-electron chi connectivity index (χ0n) is 17.7. The lowest BCUT2D eigenvalue weighted by Gasteiger charge is -2.26. The number of aryl methyl sites for hydroxylation is 1. The van der Waals surface area contributed by atoms with Crippen molar-refractivity contribution in [2.45, 2.75) is 39.3 Å². The summed E-state index contributed by atoms with van der Waals surface area (Å²) < 4.78 is 7.84. The van der Waals surface area contributed by atoms with E-state index in [9.17, 15) is 14.4 Å². The molecule has 0 N–H and O–H groups in total. The number of carbonyl (C=O) groups excluding carboxylic acids is 3. The maximum absolute atomic E-state index is 13.2. The van der Waals surface area contributed by atoms with E-state index in [4.69, 9.17) is 4.74 Å². The van der Waals surface area contributed by atoms with E-state index < -0.39 is 11.8 Å². The van der Waals surface area contributed by atoms with Gasteiger partial charge in [-0.1, -0.05) is 24.3 Å². The fourth-order valence-electron chi connectivity index (χ4n) is 4.81. The van der Waals surface area contributed by atoms with Gasteiger partial charge in [-0.25, -0.2) is 0 Å². The monoisotopic (exact) mass is 416 g/mol. The maximum atomic E-state index is 13.2. The van der Waals surface area contributed by atoms with Crippen molar-refractivity contribution in [1.82, 2.24) is 9.47 Å². The first-order chi connectivity index (χ1) is 15.0. The van der Waals surface area contributed by atoms with Crippen LogP contribution in [-0.4, -0.2) is 46.3 Å². The molecule has 0 saturated carbocycles. The predicted molar refractivity (Wildman–Crippen MR) is 117 cm³/mol. The summed E-state index contributed by atoms with van der Waals surface area (Å²) in [5.74, 6) is -1.08. The number of Topliss-reactive ketones (excluding diaryl/α,β-unsaturated/α-hetero) is 1. The molecule has 6 heteroatoms. The smallest absolute Gasteiger partial charge is 0.261 e. The normalized spacial score (nSPS) is 18.3. The zero-order chi connectivity index (χ0) is 21.7. The van der Waals surface area contributed by atoms with Crippen molar-refractivity contribution in [3.8, 4) is 0 Å². The average molecular weight is 416 g/mol. The first kappa shape index (κ1) is 19.7. The van der Waals surface area contributed by atoms with Gasteiger partial charge in [0, 0.05) is 46.6 Å². The molecule has 5 rings (SSSR count). The first-order valence-corrected chi connectivity index (χ1v) is 10.6. The largest absolute Gasteiger partial charge is 0.376 e. The Labute approximate surface area is 180 Å². The van der Waals surface area contributed by atoms with Gasteiger partial charge >= 0.3 is 0 Å². The molecule has 1 aromatic heterocycles. The number of nitrogens with zero attached hydrogens (tertiary/aromatic N) is 2. The van der Waals surface area contributed by atoms with Crippen LogP contribution in [0.1, 0.15) is 55.3 Å². The molecule has 3 heterocycles. The molecular formula is C25H24N2O4. The van der Waals surface area contributed by atoms with E-state index in [0.717, 1.165) is 41.1 Å². The summed E-state index contributed by atoms with van der Waals surface area (Å²) >= 11 is 0. The summed E-state index contributed by atoms with van der Waals surface area (Å²) in [7, 11) is 0. The van der Waals surface area contributed by atoms with Crippen LogP contribution in [0.5, 0.6) is 0 Å². The summed E-state index contributed by atoms with van der Waals surface area (Å²) in [6.45, 7) is 5.09. The van der Waals surface area contributed by atoms with Crippen LogP contribution in [0.25, 0.3) is 10.8 Å². The molecule has 2 aliphatic rings. The number of ether oxygens (including phenoxy) is 1. The summed E-state index contributed by atoms with van der Waals surface area (Å²) in [6, 6.07) is 12.6. The molecule has 6 nitrogen and oxygen atoms in total. The fourth-order valence-corrected chi connectivity index (χ4v) is 4.81. The van der Waals surface area contributed by atoms with E-state index >= 15 is 0 Å². The minimum Gasteiger partial charge on any atom is -0.376 e. The molecule has 2 aromatic carbocycles. The van der Waals surface area contributed by atoms with Gasteiger partial charge in [0.2, 0.25) is 0 Å². The van der Waals surface area contributed by atoms with Crippen molar-refractivity contribution in [3.05, 3.63) is 70.5 Å². The van der Waals surface area contributed by atoms with E-state index in [1.54, 1.807) is 24.3 Å². The van der Waals surface area contributed by atoms with Crippen molar-refractivity contribution in [2.75, 3.05) is 13.2 Å². The van der Waals surface area contributed by atoms with Gasteiger partial charge in [0.15, 0.2) is 5.78 Å². The summed E-state index contributed by atoms with van der Waals surface area (Å²) in [5, 5.41) is 1.51. The fraction of sp³-hybridized carbons (Fsp3) is 0.320. The highest BCUT2D eigenvalue weighted by atomic mass is 16.5. The van der Waals surface area contributed by atoms with Crippen LogP contribution < -0.4 is 0 Å². The second-order valence-corrected chi connectivity index (χ2v) is 8.36. The Kier molecular flexibility index (Phi) is 4.74. The third-order valence-electron chi connectivity index (χ3n) is 6.44. The predicted octanol–water partition coefficient (Wildman–Crippen LogP) is 3.92. The molecule has 0 radical (unpaired) electrons. The topological polar surface area (TPSA) is 68.6 Å². The first-order valence-electron chi connectivity index (χ1n) is 10.6. The molecule has 1 fully saturated rings. The lowest BCUT2D eigenvalue weighted by molar-refractivity contribution is 0.0585. The van der Waals surface area contributed by atoms with Crippen molar-refractivity contribution in [1.29, 1.82) is 0 Å². The number of benzene rings is 2. The molecule has 3 aromatic rings. The average Bonchev–Trinajstić information content (AvgIpc) is 3.38. The summed E-state index contributed by atoms with van der Waals surface area (Å²) in [4.78, 5) is 40.5. The van der Waals surface area contributed by atoms with Crippen LogP contribution in [0.3, 0.4) is 0 Å². The van der Waals surface area contributed by atoms with Crippen LogP contribution in [0, 0.1) is 13.8 Å². The molecule has 2 amide bonds. The van der Waals surface area contributed by atoms with Crippen LogP contribution in [0.2, 0.25) is 0 Å². The standard InChI is InChI=1S/C25H24N2O4/c1-15-12-21(16(2)26(15)13-18-8-5-11-31-18)22(28)14-27-24(29)19-9-3-6-17-7-4-10-20(23(17)19)25(27)30/h3-4,6-7,9-10,12,18H,5,8,11,13-14H2,1-2H3/t18-/m0/s1. The molecule has 0 unspecified atom stereocenters. The minimum absolute atomic E-state index is 0.162. The lowest BCUT2D eigenvalue weighted by Crippen LogP contribution is -2.43. The quantitative estimate of drug-likeness (QED) is 0.467. The van der Waals surface area contributed by atoms with E-state index in [0.29, 0.717) is 28.6 Å². The number of hydrogen-bond donors (Lipinski definition) is 0. The van der Waals surface area contributed by atoms with Gasteiger partial charge < -0.3 is 9.30 Å². The number of carbonyl (C=O) groups is 3. The highest BCUT2D eigenvalue weighted by Crippen LogP contribution is 2.30. The van der Waals surface area contributed by atoms with Crippen LogP contribution in [0.4, 0.5) is 0 Å². The molecule has 0 bridgehead atoms. The highest BCUT2D eigenvalue weighted by Gasteiger charge is 2.34. The van der Waals surface area contributed by atoms with E-state index in [1.807, 2.05) is 32.0 Å². The Morgan fingerprint density at radius 2 is 1.74 bits per heavy atom. The molecule has 158 valence electrons. The second kappa shape index (κ2) is 7.46. The lowest BCUT2D eigenvalue weighted by atomic mass is 9.94. The number of aromatic nitrogens is 1. The molecular weight excluding hydrogens is 392 g/mol. The molecule has 0 aliphatic carbocycles. The Morgan fingerprint density at radius 1 is 1.06 bits per heavy atom. The van der Waals surface area contributed by atoms with Crippen molar-refractivity contribution >= 4 is 28.4 Å². The highest BCUT2D eigenvalue weighted by molar-refractivity contribution is 6.26. The Hall–Kier alpha value is -3.25. The van der Waals surface area contributed by atoms with Crippen molar-refractivity contribution in [3.63, 3.8) is 0 Å². The Bertz CT molecular complexity index is 1180. The third-order valence-corrected chi connectivity index (χ3v) is 6.44. The summed E-state index contributed by atoms with van der Waals surface area (Å²) in [6.07, 6.45) is 2.24. The van der Waals surface area contributed by atoms with Gasteiger partial charge in [-0.2, -0.15) is 0 Å². The van der Waals surface area contributed by atoms with Gasteiger partial charge in [-0.05, 0) is 50.3 Å². The SMILES string of the molecule is Cc1cc(C(=O)CN2C(=O)c3cccc4cccc(c34)C2=O)c(C)n1C[C@@H]1CCCO1. The van der Waals surface area contributed by atoms with Crippen molar-refractivity contribution < 1.29 is 19.1 Å². The van der Waals surface area contributed by atoms with Gasteiger partial charge in [0.1, 0.15) is 0 Å². The molecule has 0 spiro atoms. The Balaban J connectivity index is 1.43. The number of amides is 2. The number of rotatable bonds is 5. The number of ketones is 1. The molecule has 2 aliphatic heterocycles. The van der Waals surface area contributed by atoms with E-state index in [1.165, 1.54) is 0 Å².